The first-order valence-corrected chi connectivity index (χ1v) is 7.43. The number of nitrogens with one attached hydrogen (secondary N) is 1. The van der Waals surface area contributed by atoms with E-state index in [-0.39, 0.29) is 5.91 Å². The molecule has 0 fully saturated rings. The maximum Gasteiger partial charge on any atom is 0.251 e. The van der Waals surface area contributed by atoms with E-state index in [0.29, 0.717) is 12.1 Å². The highest BCUT2D eigenvalue weighted by molar-refractivity contribution is 9.10. The number of carbonyl (C=O) groups excluding carboxylic acids is 1. The average molecular weight is 383 g/mol. The average Bonchev–Trinajstić information content (AvgIpc) is 2.39. The van der Waals surface area contributed by atoms with Crippen molar-refractivity contribution in [3.05, 3.63) is 68.1 Å². The number of hydrogen-bond donors (Lipinski definition) is 1. The quantitative estimate of drug-likeness (QED) is 0.834. The number of rotatable bonds is 3. The highest BCUT2D eigenvalue weighted by Crippen LogP contribution is 2.16. The van der Waals surface area contributed by atoms with Gasteiger partial charge in [0.25, 0.3) is 5.91 Å². The number of benzene rings is 2. The molecule has 2 nitrogen and oxygen atoms in total. The van der Waals surface area contributed by atoms with Gasteiger partial charge in [-0.25, -0.2) is 0 Å². The Hall–Kier alpha value is -1.13. The molecular formula is C15H13Br2NO. The molecule has 0 atom stereocenters. The first kappa shape index (κ1) is 14.3. The van der Waals surface area contributed by atoms with Gasteiger partial charge >= 0.3 is 0 Å². The van der Waals surface area contributed by atoms with E-state index >= 15 is 0 Å². The first-order valence-electron chi connectivity index (χ1n) is 5.85. The molecule has 0 bridgehead atoms. The van der Waals surface area contributed by atoms with Crippen molar-refractivity contribution < 1.29 is 4.79 Å². The Kier molecular flexibility index (Phi) is 4.77. The van der Waals surface area contributed by atoms with Gasteiger partial charge in [-0.05, 0) is 42.3 Å². The summed E-state index contributed by atoms with van der Waals surface area (Å²) in [7, 11) is 0. The normalized spacial score (nSPS) is 10.3. The van der Waals surface area contributed by atoms with Gasteiger partial charge in [0, 0.05) is 21.1 Å². The molecule has 98 valence electrons. The van der Waals surface area contributed by atoms with Gasteiger partial charge in [0.15, 0.2) is 0 Å². The number of hydrogen-bond acceptors (Lipinski definition) is 1. The van der Waals surface area contributed by atoms with Crippen LogP contribution in [0.1, 0.15) is 21.5 Å². The molecule has 1 amide bonds. The van der Waals surface area contributed by atoms with Crippen LogP contribution in [-0.4, -0.2) is 5.91 Å². The highest BCUT2D eigenvalue weighted by atomic mass is 79.9. The molecular weight excluding hydrogens is 370 g/mol. The molecule has 0 spiro atoms. The second kappa shape index (κ2) is 6.35. The molecule has 0 aliphatic heterocycles. The van der Waals surface area contributed by atoms with Gasteiger partial charge in [0.2, 0.25) is 0 Å². The molecule has 0 aliphatic rings. The Bertz CT molecular complexity index is 611. The zero-order valence-electron chi connectivity index (χ0n) is 10.4. The van der Waals surface area contributed by atoms with Crippen LogP contribution in [0.5, 0.6) is 0 Å². The predicted octanol–water partition coefficient (Wildman–Crippen LogP) is 4.45. The van der Waals surface area contributed by atoms with E-state index in [9.17, 15) is 4.79 Å². The van der Waals surface area contributed by atoms with Gasteiger partial charge in [-0.2, -0.15) is 0 Å². The number of aryl methyl sites for hydroxylation is 1. The van der Waals surface area contributed by atoms with Gasteiger partial charge < -0.3 is 5.32 Å². The van der Waals surface area contributed by atoms with Crippen LogP contribution in [-0.2, 0) is 6.54 Å². The second-order valence-electron chi connectivity index (χ2n) is 4.27. The van der Waals surface area contributed by atoms with Crippen molar-refractivity contribution in [3.63, 3.8) is 0 Å². The highest BCUT2D eigenvalue weighted by Gasteiger charge is 2.09. The zero-order valence-corrected chi connectivity index (χ0v) is 13.6. The molecule has 0 heterocycles. The van der Waals surface area contributed by atoms with Crippen LogP contribution in [0.4, 0.5) is 0 Å². The molecule has 0 unspecified atom stereocenters. The standard InChI is InChI=1S/C15H13Br2NO/c1-10-5-6-13(17)8-14(10)15(19)18-9-11-3-2-4-12(16)7-11/h2-8H,9H2,1H3,(H,18,19). The summed E-state index contributed by atoms with van der Waals surface area (Å²) in [4.78, 5) is 12.1. The summed E-state index contributed by atoms with van der Waals surface area (Å²) >= 11 is 6.80. The Labute approximate surface area is 129 Å². The molecule has 2 aromatic rings. The van der Waals surface area contributed by atoms with Crippen molar-refractivity contribution in [2.45, 2.75) is 13.5 Å². The SMILES string of the molecule is Cc1ccc(Br)cc1C(=O)NCc1cccc(Br)c1. The van der Waals surface area contributed by atoms with Crippen LogP contribution in [0.3, 0.4) is 0 Å². The third-order valence-corrected chi connectivity index (χ3v) is 3.77. The summed E-state index contributed by atoms with van der Waals surface area (Å²) in [5.74, 6) is -0.0567. The summed E-state index contributed by atoms with van der Waals surface area (Å²) in [5, 5.41) is 2.93. The largest absolute Gasteiger partial charge is 0.348 e. The van der Waals surface area contributed by atoms with Crippen molar-refractivity contribution in [3.8, 4) is 0 Å². The summed E-state index contributed by atoms with van der Waals surface area (Å²) < 4.78 is 1.92. The van der Waals surface area contributed by atoms with E-state index in [4.69, 9.17) is 0 Å². The monoisotopic (exact) mass is 381 g/mol. The topological polar surface area (TPSA) is 29.1 Å². The van der Waals surface area contributed by atoms with Crippen LogP contribution < -0.4 is 5.32 Å². The van der Waals surface area contributed by atoms with E-state index in [2.05, 4.69) is 37.2 Å². The van der Waals surface area contributed by atoms with E-state index in [1.807, 2.05) is 49.4 Å². The number of carbonyl (C=O) groups is 1. The Morgan fingerprint density at radius 1 is 1.11 bits per heavy atom. The van der Waals surface area contributed by atoms with Crippen LogP contribution in [0.15, 0.2) is 51.4 Å². The van der Waals surface area contributed by atoms with Crippen LogP contribution in [0.25, 0.3) is 0 Å². The fourth-order valence-corrected chi connectivity index (χ4v) is 2.57. The smallest absolute Gasteiger partial charge is 0.251 e. The van der Waals surface area contributed by atoms with E-state index in [1.165, 1.54) is 0 Å². The molecule has 1 N–H and O–H groups in total. The summed E-state index contributed by atoms with van der Waals surface area (Å²) in [6, 6.07) is 13.6. The minimum Gasteiger partial charge on any atom is -0.348 e. The Balaban J connectivity index is 2.07. The summed E-state index contributed by atoms with van der Waals surface area (Å²) in [6.07, 6.45) is 0. The zero-order chi connectivity index (χ0) is 13.8. The van der Waals surface area contributed by atoms with Crippen LogP contribution >= 0.6 is 31.9 Å². The minimum atomic E-state index is -0.0567. The molecule has 0 aromatic heterocycles. The Morgan fingerprint density at radius 2 is 1.84 bits per heavy atom. The van der Waals surface area contributed by atoms with Crippen molar-refractivity contribution >= 4 is 37.8 Å². The van der Waals surface area contributed by atoms with Gasteiger partial charge in [-0.3, -0.25) is 4.79 Å². The third-order valence-electron chi connectivity index (χ3n) is 2.79. The van der Waals surface area contributed by atoms with Gasteiger partial charge in [-0.15, -0.1) is 0 Å². The molecule has 0 saturated carbocycles. The lowest BCUT2D eigenvalue weighted by Crippen LogP contribution is -2.23. The maximum atomic E-state index is 12.1. The second-order valence-corrected chi connectivity index (χ2v) is 6.10. The maximum absolute atomic E-state index is 12.1. The van der Waals surface area contributed by atoms with Crippen molar-refractivity contribution in [2.24, 2.45) is 0 Å². The van der Waals surface area contributed by atoms with Crippen molar-refractivity contribution in [1.29, 1.82) is 0 Å². The fraction of sp³-hybridized carbons (Fsp3) is 0.133. The molecule has 0 radical (unpaired) electrons. The van der Waals surface area contributed by atoms with E-state index in [1.54, 1.807) is 0 Å². The minimum absolute atomic E-state index is 0.0567. The van der Waals surface area contributed by atoms with Gasteiger partial charge in [-0.1, -0.05) is 50.1 Å². The number of halogens is 2. The van der Waals surface area contributed by atoms with E-state index < -0.39 is 0 Å². The first-order chi connectivity index (χ1) is 9.06. The van der Waals surface area contributed by atoms with E-state index in [0.717, 1.165) is 20.1 Å². The molecule has 2 aromatic carbocycles. The van der Waals surface area contributed by atoms with Crippen molar-refractivity contribution in [1.82, 2.24) is 5.32 Å². The lowest BCUT2D eigenvalue weighted by atomic mass is 10.1. The predicted molar refractivity (Wildman–Crippen MR) is 84.2 cm³/mol. The lowest BCUT2D eigenvalue weighted by molar-refractivity contribution is 0.0950. The fourth-order valence-electron chi connectivity index (χ4n) is 1.76. The lowest BCUT2D eigenvalue weighted by Gasteiger charge is -2.08. The van der Waals surface area contributed by atoms with Crippen LogP contribution in [0.2, 0.25) is 0 Å². The molecule has 0 aliphatic carbocycles. The van der Waals surface area contributed by atoms with Gasteiger partial charge in [0.05, 0.1) is 0 Å². The number of amides is 1. The molecule has 2 rings (SSSR count). The molecule has 0 saturated heterocycles. The Morgan fingerprint density at radius 3 is 2.58 bits per heavy atom. The summed E-state index contributed by atoms with van der Waals surface area (Å²) in [6.45, 7) is 2.45. The summed E-state index contributed by atoms with van der Waals surface area (Å²) in [5.41, 5.74) is 2.73. The van der Waals surface area contributed by atoms with Crippen molar-refractivity contribution in [2.75, 3.05) is 0 Å². The third kappa shape index (κ3) is 3.91. The van der Waals surface area contributed by atoms with Crippen LogP contribution in [0, 0.1) is 6.92 Å². The molecule has 4 heteroatoms. The van der Waals surface area contributed by atoms with Gasteiger partial charge in [0.1, 0.15) is 0 Å². The molecule has 19 heavy (non-hydrogen) atoms.